The van der Waals surface area contributed by atoms with Gasteiger partial charge in [0.2, 0.25) is 5.89 Å². The molecule has 4 rings (SSSR count). The molecule has 0 fully saturated rings. The fourth-order valence-electron chi connectivity index (χ4n) is 2.22. The van der Waals surface area contributed by atoms with Gasteiger partial charge in [0.05, 0.1) is 17.4 Å². The number of para-hydroxylation sites is 1. The van der Waals surface area contributed by atoms with Gasteiger partial charge in [0, 0.05) is 18.0 Å². The van der Waals surface area contributed by atoms with Crippen molar-refractivity contribution in [2.24, 2.45) is 0 Å². The molecular weight excluding hydrogens is 264 g/mol. The number of aromatic nitrogens is 3. The molecule has 0 aliphatic carbocycles. The number of oxazole rings is 1. The number of rotatable bonds is 2. The third-order valence-electron chi connectivity index (χ3n) is 3.26. The van der Waals surface area contributed by atoms with Crippen LogP contribution in [0.25, 0.3) is 28.2 Å². The zero-order valence-corrected chi connectivity index (χ0v) is 11.1. The van der Waals surface area contributed by atoms with E-state index >= 15 is 0 Å². The zero-order chi connectivity index (χ0) is 14.2. The number of hydrogen-bond acceptors (Lipinski definition) is 4. The molecule has 0 aliphatic rings. The Hall–Kier alpha value is -3.08. The van der Waals surface area contributed by atoms with Gasteiger partial charge in [-0.15, -0.1) is 0 Å². The average Bonchev–Trinajstić information content (AvgIpc) is 3.14. The van der Waals surface area contributed by atoms with Gasteiger partial charge in [-0.25, -0.2) is 9.67 Å². The Bertz CT molecular complexity index is 908. The predicted molar refractivity (Wildman–Crippen MR) is 81.0 cm³/mol. The van der Waals surface area contributed by atoms with E-state index in [0.29, 0.717) is 17.2 Å². The molecule has 0 unspecified atom stereocenters. The Labute approximate surface area is 120 Å². The molecule has 21 heavy (non-hydrogen) atoms. The minimum Gasteiger partial charge on any atom is -0.436 e. The standard InChI is InChI=1S/C16H12N4O/c17-12-6-7-14-15(8-12)21-16(19-14)11-9-18-20(10-11)13-4-2-1-3-5-13/h1-10H,17H2. The molecule has 5 nitrogen and oxygen atoms in total. The fourth-order valence-corrected chi connectivity index (χ4v) is 2.22. The number of fused-ring (bicyclic) bond motifs is 1. The van der Waals surface area contributed by atoms with E-state index in [4.69, 9.17) is 10.2 Å². The number of nitrogens with two attached hydrogens (primary N) is 1. The summed E-state index contributed by atoms with van der Waals surface area (Å²) in [5.41, 5.74) is 9.68. The van der Waals surface area contributed by atoms with Crippen molar-refractivity contribution >= 4 is 16.8 Å². The fraction of sp³-hybridized carbons (Fsp3) is 0. The second kappa shape index (κ2) is 4.49. The van der Waals surface area contributed by atoms with Gasteiger partial charge in [-0.3, -0.25) is 0 Å². The van der Waals surface area contributed by atoms with Crippen LogP contribution in [0.3, 0.4) is 0 Å². The summed E-state index contributed by atoms with van der Waals surface area (Å²) in [7, 11) is 0. The van der Waals surface area contributed by atoms with Crippen LogP contribution in [0.2, 0.25) is 0 Å². The summed E-state index contributed by atoms with van der Waals surface area (Å²) in [6.45, 7) is 0. The molecule has 4 aromatic rings. The largest absolute Gasteiger partial charge is 0.436 e. The second-order valence-corrected chi connectivity index (χ2v) is 4.76. The smallest absolute Gasteiger partial charge is 0.230 e. The van der Waals surface area contributed by atoms with Crippen molar-refractivity contribution in [2.45, 2.75) is 0 Å². The summed E-state index contributed by atoms with van der Waals surface area (Å²) in [6.07, 6.45) is 3.63. The summed E-state index contributed by atoms with van der Waals surface area (Å²) < 4.78 is 7.53. The molecule has 2 N–H and O–H groups in total. The first-order chi connectivity index (χ1) is 10.3. The molecule has 0 saturated heterocycles. The molecule has 0 amide bonds. The third-order valence-corrected chi connectivity index (χ3v) is 3.26. The van der Waals surface area contributed by atoms with E-state index in [1.165, 1.54) is 0 Å². The maximum absolute atomic E-state index is 5.75. The van der Waals surface area contributed by atoms with Crippen molar-refractivity contribution < 1.29 is 4.42 Å². The Morgan fingerprint density at radius 3 is 2.76 bits per heavy atom. The highest BCUT2D eigenvalue weighted by atomic mass is 16.3. The van der Waals surface area contributed by atoms with E-state index in [2.05, 4.69) is 10.1 Å². The van der Waals surface area contributed by atoms with Gasteiger partial charge < -0.3 is 10.2 Å². The Morgan fingerprint density at radius 2 is 1.90 bits per heavy atom. The van der Waals surface area contributed by atoms with Gasteiger partial charge in [0.25, 0.3) is 0 Å². The summed E-state index contributed by atoms with van der Waals surface area (Å²) in [5, 5.41) is 4.34. The van der Waals surface area contributed by atoms with Gasteiger partial charge in [-0.1, -0.05) is 18.2 Å². The van der Waals surface area contributed by atoms with E-state index in [-0.39, 0.29) is 0 Å². The molecule has 0 spiro atoms. The van der Waals surface area contributed by atoms with Crippen molar-refractivity contribution in [1.82, 2.24) is 14.8 Å². The summed E-state index contributed by atoms with van der Waals surface area (Å²) in [5.74, 6) is 0.540. The Balaban J connectivity index is 1.77. The van der Waals surface area contributed by atoms with E-state index in [0.717, 1.165) is 16.8 Å². The van der Waals surface area contributed by atoms with Crippen LogP contribution < -0.4 is 5.73 Å². The molecule has 2 aromatic carbocycles. The van der Waals surface area contributed by atoms with Crippen LogP contribution in [0.1, 0.15) is 0 Å². The normalized spacial score (nSPS) is 11.0. The van der Waals surface area contributed by atoms with Crippen molar-refractivity contribution in [3.05, 3.63) is 60.9 Å². The minimum absolute atomic E-state index is 0.540. The first kappa shape index (κ1) is 11.7. The molecule has 5 heteroatoms. The highest BCUT2D eigenvalue weighted by molar-refractivity contribution is 5.79. The van der Waals surface area contributed by atoms with Crippen molar-refractivity contribution in [2.75, 3.05) is 5.73 Å². The SMILES string of the molecule is Nc1ccc2nc(-c3cnn(-c4ccccc4)c3)oc2c1. The van der Waals surface area contributed by atoms with Crippen molar-refractivity contribution in [3.8, 4) is 17.1 Å². The lowest BCUT2D eigenvalue weighted by molar-refractivity contribution is 0.620. The lowest BCUT2D eigenvalue weighted by atomic mass is 10.3. The van der Waals surface area contributed by atoms with E-state index in [1.54, 1.807) is 16.9 Å². The van der Waals surface area contributed by atoms with Gasteiger partial charge >= 0.3 is 0 Å². The van der Waals surface area contributed by atoms with Gasteiger partial charge in [-0.2, -0.15) is 5.10 Å². The topological polar surface area (TPSA) is 69.9 Å². The molecular formula is C16H12N4O. The Kier molecular flexibility index (Phi) is 2.50. The lowest BCUT2D eigenvalue weighted by Crippen LogP contribution is -1.92. The maximum Gasteiger partial charge on any atom is 0.230 e. The average molecular weight is 276 g/mol. The van der Waals surface area contributed by atoms with Gasteiger partial charge in [0.15, 0.2) is 5.58 Å². The third kappa shape index (κ3) is 2.04. The summed E-state index contributed by atoms with van der Waals surface area (Å²) >= 11 is 0. The van der Waals surface area contributed by atoms with E-state index in [1.807, 2.05) is 48.7 Å². The highest BCUT2D eigenvalue weighted by Gasteiger charge is 2.11. The minimum atomic E-state index is 0.540. The molecule has 2 heterocycles. The van der Waals surface area contributed by atoms with Crippen LogP contribution in [0.4, 0.5) is 5.69 Å². The molecule has 0 aliphatic heterocycles. The van der Waals surface area contributed by atoms with E-state index < -0.39 is 0 Å². The molecule has 0 saturated carbocycles. The lowest BCUT2D eigenvalue weighted by Gasteiger charge is -1.98. The molecule has 2 aromatic heterocycles. The van der Waals surface area contributed by atoms with Crippen LogP contribution in [-0.4, -0.2) is 14.8 Å². The summed E-state index contributed by atoms with van der Waals surface area (Å²) in [6, 6.07) is 15.3. The second-order valence-electron chi connectivity index (χ2n) is 4.76. The van der Waals surface area contributed by atoms with Crippen LogP contribution in [0, 0.1) is 0 Å². The maximum atomic E-state index is 5.75. The van der Waals surface area contributed by atoms with E-state index in [9.17, 15) is 0 Å². The van der Waals surface area contributed by atoms with Crippen molar-refractivity contribution in [1.29, 1.82) is 0 Å². The number of nitrogens with zero attached hydrogens (tertiary/aromatic N) is 3. The Morgan fingerprint density at radius 1 is 1.05 bits per heavy atom. The van der Waals surface area contributed by atoms with Crippen molar-refractivity contribution in [3.63, 3.8) is 0 Å². The number of hydrogen-bond donors (Lipinski definition) is 1. The molecule has 0 bridgehead atoms. The number of anilines is 1. The quantitative estimate of drug-likeness (QED) is 0.570. The molecule has 0 radical (unpaired) electrons. The first-order valence-corrected chi connectivity index (χ1v) is 6.56. The zero-order valence-electron chi connectivity index (χ0n) is 11.1. The predicted octanol–water partition coefficient (Wildman–Crippen LogP) is 3.26. The summed E-state index contributed by atoms with van der Waals surface area (Å²) in [4.78, 5) is 4.46. The van der Waals surface area contributed by atoms with Crippen LogP contribution in [-0.2, 0) is 0 Å². The molecule has 0 atom stereocenters. The molecule has 102 valence electrons. The first-order valence-electron chi connectivity index (χ1n) is 6.56. The number of nitrogen functional groups attached to an aromatic ring is 1. The van der Waals surface area contributed by atoms with Crippen LogP contribution in [0.15, 0.2) is 65.3 Å². The highest BCUT2D eigenvalue weighted by Crippen LogP contribution is 2.25. The van der Waals surface area contributed by atoms with Crippen LogP contribution in [0.5, 0.6) is 0 Å². The monoisotopic (exact) mass is 276 g/mol. The number of benzene rings is 2. The van der Waals surface area contributed by atoms with Gasteiger partial charge in [-0.05, 0) is 24.3 Å². The van der Waals surface area contributed by atoms with Crippen LogP contribution >= 0.6 is 0 Å². The van der Waals surface area contributed by atoms with Gasteiger partial charge in [0.1, 0.15) is 5.52 Å².